The van der Waals surface area contributed by atoms with E-state index in [1.807, 2.05) is 6.20 Å². The van der Waals surface area contributed by atoms with Crippen LogP contribution in [-0.4, -0.2) is 38.3 Å². The molecule has 0 aliphatic rings. The Morgan fingerprint density at radius 3 is 2.84 bits per heavy atom. The van der Waals surface area contributed by atoms with E-state index >= 15 is 0 Å². The molecule has 7 heteroatoms. The Hall–Kier alpha value is -0.410. The minimum Gasteiger partial charge on any atom is -0.385 e. The van der Waals surface area contributed by atoms with Gasteiger partial charge in [-0.15, -0.1) is 35.3 Å². The Morgan fingerprint density at radius 2 is 2.26 bits per heavy atom. The summed E-state index contributed by atoms with van der Waals surface area (Å²) in [5, 5.41) is 7.57. The fourth-order valence-electron chi connectivity index (χ4n) is 1.40. The molecule has 0 aliphatic carbocycles. The van der Waals surface area contributed by atoms with Crippen molar-refractivity contribution in [1.29, 1.82) is 0 Å². The third-order valence-corrected chi connectivity index (χ3v) is 3.54. The summed E-state index contributed by atoms with van der Waals surface area (Å²) in [6, 6.07) is 0. The second-order valence-corrected chi connectivity index (χ2v) is 4.97. The first-order valence-electron chi connectivity index (χ1n) is 6.17. The van der Waals surface area contributed by atoms with E-state index in [9.17, 15) is 0 Å². The molecule has 110 valence electrons. The summed E-state index contributed by atoms with van der Waals surface area (Å²) in [6.45, 7) is 4.47. The minimum atomic E-state index is 0. The van der Waals surface area contributed by atoms with E-state index in [-0.39, 0.29) is 24.0 Å². The Labute approximate surface area is 136 Å². The van der Waals surface area contributed by atoms with Gasteiger partial charge in [0, 0.05) is 38.4 Å². The van der Waals surface area contributed by atoms with Crippen LogP contribution in [-0.2, 0) is 17.7 Å². The minimum absolute atomic E-state index is 0. The quantitative estimate of drug-likeness (QED) is 0.319. The van der Waals surface area contributed by atoms with E-state index in [1.54, 1.807) is 25.5 Å². The van der Waals surface area contributed by atoms with Crippen molar-refractivity contribution >= 4 is 41.3 Å². The first-order valence-corrected chi connectivity index (χ1v) is 6.98. The highest BCUT2D eigenvalue weighted by molar-refractivity contribution is 14.0. The lowest BCUT2D eigenvalue weighted by Gasteiger charge is -2.10. The predicted molar refractivity (Wildman–Crippen MR) is 91.6 cm³/mol. The van der Waals surface area contributed by atoms with E-state index in [4.69, 9.17) is 4.74 Å². The summed E-state index contributed by atoms with van der Waals surface area (Å²) in [6.07, 6.45) is 3.95. The molecule has 1 heterocycles. The maximum Gasteiger partial charge on any atom is 0.191 e. The number of methoxy groups -OCH3 is 1. The third kappa shape index (κ3) is 7.68. The van der Waals surface area contributed by atoms with Gasteiger partial charge < -0.3 is 15.4 Å². The molecule has 0 bridgehead atoms. The van der Waals surface area contributed by atoms with Gasteiger partial charge in [0.2, 0.25) is 0 Å². The normalized spacial score (nSPS) is 11.0. The number of aromatic nitrogens is 1. The van der Waals surface area contributed by atoms with Gasteiger partial charge in [0.15, 0.2) is 5.96 Å². The molecule has 0 atom stereocenters. The van der Waals surface area contributed by atoms with E-state index < -0.39 is 0 Å². The molecule has 1 aromatic rings. The first-order chi connectivity index (χ1) is 8.80. The number of aliphatic imine (C=N–C) groups is 1. The van der Waals surface area contributed by atoms with Crippen LogP contribution in [0.2, 0.25) is 0 Å². The number of nitrogens with zero attached hydrogens (tertiary/aromatic N) is 2. The highest BCUT2D eigenvalue weighted by Gasteiger charge is 2.02. The molecule has 0 saturated heterocycles. The largest absolute Gasteiger partial charge is 0.385 e. The molecule has 0 spiro atoms. The maximum atomic E-state index is 4.99. The summed E-state index contributed by atoms with van der Waals surface area (Å²) in [4.78, 5) is 9.83. The third-order valence-electron chi connectivity index (χ3n) is 2.40. The van der Waals surface area contributed by atoms with E-state index in [1.165, 1.54) is 4.88 Å². The number of ether oxygens (including phenoxy) is 1. The molecule has 0 amide bonds. The number of hydrogen-bond donors (Lipinski definition) is 2. The monoisotopic (exact) mass is 398 g/mol. The van der Waals surface area contributed by atoms with Crippen molar-refractivity contribution in [2.45, 2.75) is 26.3 Å². The smallest absolute Gasteiger partial charge is 0.191 e. The van der Waals surface area contributed by atoms with Gasteiger partial charge in [-0.3, -0.25) is 4.99 Å². The molecule has 0 aromatic carbocycles. The second-order valence-electron chi connectivity index (χ2n) is 3.77. The zero-order valence-corrected chi connectivity index (χ0v) is 14.9. The van der Waals surface area contributed by atoms with Gasteiger partial charge in [0.1, 0.15) is 5.01 Å². The van der Waals surface area contributed by atoms with Crippen LogP contribution >= 0.6 is 35.3 Å². The standard InChI is InChI=1S/C12H22N4OS.HI/c1-4-10-8-15-11(18-10)9-16-12(13-2)14-6-5-7-17-3;/h8H,4-7,9H2,1-3H3,(H2,13,14,16);1H. The number of aryl methyl sites for hydroxylation is 1. The van der Waals surface area contributed by atoms with Crippen LogP contribution in [0.15, 0.2) is 11.2 Å². The molecule has 0 aliphatic heterocycles. The molecule has 0 saturated carbocycles. The Kier molecular flexibility index (Phi) is 11.2. The fourth-order valence-corrected chi connectivity index (χ4v) is 2.20. The van der Waals surface area contributed by atoms with E-state index in [2.05, 4.69) is 27.5 Å². The zero-order valence-electron chi connectivity index (χ0n) is 11.7. The van der Waals surface area contributed by atoms with Crippen LogP contribution in [0, 0.1) is 0 Å². The highest BCUT2D eigenvalue weighted by atomic mass is 127. The van der Waals surface area contributed by atoms with Crippen molar-refractivity contribution in [3.05, 3.63) is 16.1 Å². The summed E-state index contributed by atoms with van der Waals surface area (Å²) >= 11 is 1.74. The molecule has 0 unspecified atom stereocenters. The SMILES string of the molecule is CCc1cnc(CNC(=NC)NCCCOC)s1.I. The molecule has 19 heavy (non-hydrogen) atoms. The number of guanidine groups is 1. The van der Waals surface area contributed by atoms with Crippen LogP contribution in [0.5, 0.6) is 0 Å². The summed E-state index contributed by atoms with van der Waals surface area (Å²) in [5.41, 5.74) is 0. The van der Waals surface area contributed by atoms with Gasteiger partial charge in [-0.05, 0) is 12.8 Å². The van der Waals surface area contributed by atoms with Crippen molar-refractivity contribution in [3.8, 4) is 0 Å². The van der Waals surface area contributed by atoms with E-state index in [0.717, 1.165) is 37.0 Å². The molecule has 0 radical (unpaired) electrons. The predicted octanol–water partition coefficient (Wildman–Crippen LogP) is 2.02. The Bertz CT molecular complexity index is 370. The van der Waals surface area contributed by atoms with Gasteiger partial charge in [-0.1, -0.05) is 6.92 Å². The maximum absolute atomic E-state index is 4.99. The molecular formula is C12H23IN4OS. The van der Waals surface area contributed by atoms with E-state index in [0.29, 0.717) is 6.54 Å². The average Bonchev–Trinajstić information content (AvgIpc) is 2.86. The van der Waals surface area contributed by atoms with Crippen molar-refractivity contribution in [2.75, 3.05) is 27.3 Å². The van der Waals surface area contributed by atoms with Gasteiger partial charge >= 0.3 is 0 Å². The molecule has 0 fully saturated rings. The molecule has 5 nitrogen and oxygen atoms in total. The summed E-state index contributed by atoms with van der Waals surface area (Å²) < 4.78 is 4.99. The Morgan fingerprint density at radius 1 is 1.47 bits per heavy atom. The number of halogens is 1. The van der Waals surface area contributed by atoms with Crippen LogP contribution in [0.25, 0.3) is 0 Å². The van der Waals surface area contributed by atoms with Crippen molar-refractivity contribution in [3.63, 3.8) is 0 Å². The van der Waals surface area contributed by atoms with Crippen LogP contribution in [0.1, 0.15) is 23.2 Å². The molecular weight excluding hydrogens is 375 g/mol. The number of hydrogen-bond acceptors (Lipinski definition) is 4. The molecule has 2 N–H and O–H groups in total. The number of rotatable bonds is 7. The fraction of sp³-hybridized carbons (Fsp3) is 0.667. The van der Waals surface area contributed by atoms with Gasteiger partial charge in [0.05, 0.1) is 6.54 Å². The average molecular weight is 398 g/mol. The summed E-state index contributed by atoms with van der Waals surface area (Å²) in [7, 11) is 3.48. The van der Waals surface area contributed by atoms with Crippen molar-refractivity contribution in [2.24, 2.45) is 4.99 Å². The highest BCUT2D eigenvalue weighted by Crippen LogP contribution is 2.12. The van der Waals surface area contributed by atoms with Gasteiger partial charge in [-0.2, -0.15) is 0 Å². The zero-order chi connectivity index (χ0) is 13.2. The van der Waals surface area contributed by atoms with Crippen molar-refractivity contribution in [1.82, 2.24) is 15.6 Å². The van der Waals surface area contributed by atoms with Crippen LogP contribution in [0.4, 0.5) is 0 Å². The van der Waals surface area contributed by atoms with Gasteiger partial charge in [-0.25, -0.2) is 4.98 Å². The summed E-state index contributed by atoms with van der Waals surface area (Å²) in [5.74, 6) is 0.805. The topological polar surface area (TPSA) is 58.5 Å². The van der Waals surface area contributed by atoms with Crippen LogP contribution < -0.4 is 10.6 Å². The van der Waals surface area contributed by atoms with Crippen molar-refractivity contribution < 1.29 is 4.74 Å². The number of nitrogens with one attached hydrogen (secondary N) is 2. The lowest BCUT2D eigenvalue weighted by molar-refractivity contribution is 0.195. The Balaban J connectivity index is 0.00000324. The number of thiazole rings is 1. The second kappa shape index (κ2) is 11.4. The lowest BCUT2D eigenvalue weighted by Crippen LogP contribution is -2.37. The first kappa shape index (κ1) is 18.6. The van der Waals surface area contributed by atoms with Crippen LogP contribution in [0.3, 0.4) is 0 Å². The molecule has 1 aromatic heterocycles. The lowest BCUT2D eigenvalue weighted by atomic mass is 10.4. The van der Waals surface area contributed by atoms with Gasteiger partial charge in [0.25, 0.3) is 0 Å². The molecule has 1 rings (SSSR count).